The minimum Gasteiger partial charge on any atom is -0.493 e. The summed E-state index contributed by atoms with van der Waals surface area (Å²) in [6.45, 7) is 3.89. The highest BCUT2D eigenvalue weighted by molar-refractivity contribution is 7.15. The molecule has 0 aliphatic heterocycles. The lowest BCUT2D eigenvalue weighted by Crippen LogP contribution is -2.20. The number of rotatable bonds is 7. The van der Waals surface area contributed by atoms with Crippen molar-refractivity contribution in [3.63, 3.8) is 0 Å². The second-order valence-corrected chi connectivity index (χ2v) is 7.47. The van der Waals surface area contributed by atoms with E-state index in [-0.39, 0.29) is 6.61 Å². The Morgan fingerprint density at radius 2 is 1.77 bits per heavy atom. The van der Waals surface area contributed by atoms with Crippen LogP contribution < -0.4 is 20.1 Å². The van der Waals surface area contributed by atoms with E-state index in [4.69, 9.17) is 14.2 Å². The monoisotopic (exact) mass is 440 g/mol. The SMILES string of the molecule is CCOC(=O)c1c(-c2ccc(OC)c(OC)c2)csc1NC(=O)Nc1cccc(C)c1. The van der Waals surface area contributed by atoms with Crippen molar-refractivity contribution in [3.8, 4) is 22.6 Å². The molecule has 2 amide bonds. The van der Waals surface area contributed by atoms with Crippen LogP contribution in [0.3, 0.4) is 0 Å². The maximum Gasteiger partial charge on any atom is 0.341 e. The minimum atomic E-state index is -0.514. The summed E-state index contributed by atoms with van der Waals surface area (Å²) < 4.78 is 15.9. The summed E-state index contributed by atoms with van der Waals surface area (Å²) >= 11 is 1.25. The highest BCUT2D eigenvalue weighted by Gasteiger charge is 2.23. The number of aryl methyl sites for hydroxylation is 1. The molecule has 0 aliphatic rings. The fourth-order valence-electron chi connectivity index (χ4n) is 3.06. The first-order valence-corrected chi connectivity index (χ1v) is 10.5. The van der Waals surface area contributed by atoms with Crippen molar-refractivity contribution in [2.75, 3.05) is 31.5 Å². The fraction of sp³-hybridized carbons (Fsp3) is 0.217. The highest BCUT2D eigenvalue weighted by atomic mass is 32.1. The molecule has 1 aromatic heterocycles. The Morgan fingerprint density at radius 1 is 1.00 bits per heavy atom. The number of hydrogen-bond acceptors (Lipinski definition) is 6. The van der Waals surface area contributed by atoms with Gasteiger partial charge in [0.25, 0.3) is 0 Å². The van der Waals surface area contributed by atoms with Gasteiger partial charge in [0.1, 0.15) is 10.6 Å². The number of hydrogen-bond donors (Lipinski definition) is 2. The number of carbonyl (C=O) groups is 2. The Kier molecular flexibility index (Phi) is 7.15. The van der Waals surface area contributed by atoms with Gasteiger partial charge in [0, 0.05) is 16.6 Å². The molecule has 0 saturated heterocycles. The van der Waals surface area contributed by atoms with Crippen molar-refractivity contribution in [3.05, 3.63) is 59.0 Å². The molecular weight excluding hydrogens is 416 g/mol. The summed E-state index contributed by atoms with van der Waals surface area (Å²) in [5.74, 6) is 0.599. The van der Waals surface area contributed by atoms with Crippen molar-refractivity contribution in [1.29, 1.82) is 0 Å². The predicted molar refractivity (Wildman–Crippen MR) is 123 cm³/mol. The zero-order valence-electron chi connectivity index (χ0n) is 17.8. The van der Waals surface area contributed by atoms with E-state index in [0.717, 1.165) is 11.1 Å². The first kappa shape index (κ1) is 22.2. The molecule has 8 heteroatoms. The number of esters is 1. The van der Waals surface area contributed by atoms with Crippen LogP contribution in [0.2, 0.25) is 0 Å². The maximum absolute atomic E-state index is 12.7. The number of anilines is 2. The molecule has 1 heterocycles. The third-order valence-corrected chi connectivity index (χ3v) is 5.36. The van der Waals surface area contributed by atoms with Gasteiger partial charge in [0.05, 0.1) is 20.8 Å². The van der Waals surface area contributed by atoms with Crippen molar-refractivity contribution in [2.45, 2.75) is 13.8 Å². The van der Waals surface area contributed by atoms with Crippen molar-refractivity contribution in [1.82, 2.24) is 0 Å². The number of benzene rings is 2. The van der Waals surface area contributed by atoms with Crippen molar-refractivity contribution in [2.24, 2.45) is 0 Å². The standard InChI is InChI=1S/C23H24N2O5S/c1-5-30-22(26)20-17(15-9-10-18(28-3)19(12-15)29-4)13-31-21(20)25-23(27)24-16-8-6-7-14(2)11-16/h6-13H,5H2,1-4H3,(H2,24,25,27). The molecule has 3 rings (SSSR count). The van der Waals surface area contributed by atoms with Gasteiger partial charge in [-0.2, -0.15) is 0 Å². The third-order valence-electron chi connectivity index (χ3n) is 4.47. The van der Waals surface area contributed by atoms with Crippen LogP contribution in [0.15, 0.2) is 47.8 Å². The van der Waals surface area contributed by atoms with Crippen LogP contribution in [0.25, 0.3) is 11.1 Å². The molecule has 162 valence electrons. The lowest BCUT2D eigenvalue weighted by molar-refractivity contribution is 0.0529. The maximum atomic E-state index is 12.7. The summed E-state index contributed by atoms with van der Waals surface area (Å²) in [4.78, 5) is 25.3. The van der Waals surface area contributed by atoms with Gasteiger partial charge in [-0.15, -0.1) is 11.3 Å². The Bertz CT molecular complexity index is 1090. The van der Waals surface area contributed by atoms with E-state index in [1.54, 1.807) is 44.7 Å². The number of urea groups is 1. The minimum absolute atomic E-state index is 0.217. The quantitative estimate of drug-likeness (QED) is 0.470. The molecule has 0 radical (unpaired) electrons. The van der Waals surface area contributed by atoms with E-state index in [1.165, 1.54) is 11.3 Å². The van der Waals surface area contributed by atoms with Gasteiger partial charge in [0.15, 0.2) is 11.5 Å². The summed E-state index contributed by atoms with van der Waals surface area (Å²) in [5, 5.41) is 7.75. The van der Waals surface area contributed by atoms with Gasteiger partial charge in [-0.05, 0) is 49.2 Å². The molecule has 0 bridgehead atoms. The first-order valence-electron chi connectivity index (χ1n) is 9.62. The number of ether oxygens (including phenoxy) is 3. The van der Waals surface area contributed by atoms with E-state index in [9.17, 15) is 9.59 Å². The summed E-state index contributed by atoms with van der Waals surface area (Å²) in [6, 6.07) is 12.4. The number of thiophene rings is 1. The smallest absolute Gasteiger partial charge is 0.341 e. The lowest BCUT2D eigenvalue weighted by atomic mass is 10.0. The van der Waals surface area contributed by atoms with E-state index < -0.39 is 12.0 Å². The third kappa shape index (κ3) is 5.16. The molecule has 0 saturated carbocycles. The second-order valence-electron chi connectivity index (χ2n) is 6.59. The topological polar surface area (TPSA) is 85.9 Å². The van der Waals surface area contributed by atoms with Crippen LogP contribution in [0.5, 0.6) is 11.5 Å². The molecule has 0 spiro atoms. The fourth-order valence-corrected chi connectivity index (χ4v) is 4.01. The Morgan fingerprint density at radius 3 is 2.45 bits per heavy atom. The normalized spacial score (nSPS) is 10.3. The molecule has 3 aromatic rings. The van der Waals surface area contributed by atoms with Gasteiger partial charge in [-0.1, -0.05) is 18.2 Å². The van der Waals surface area contributed by atoms with Gasteiger partial charge < -0.3 is 19.5 Å². The average Bonchev–Trinajstić information content (AvgIpc) is 3.16. The number of methoxy groups -OCH3 is 2. The van der Waals surface area contributed by atoms with Crippen LogP contribution >= 0.6 is 11.3 Å². The summed E-state index contributed by atoms with van der Waals surface area (Å²) in [5.41, 5.74) is 3.35. The van der Waals surface area contributed by atoms with Crippen LogP contribution in [0.4, 0.5) is 15.5 Å². The Hall–Kier alpha value is -3.52. The summed E-state index contributed by atoms with van der Waals surface area (Å²) in [7, 11) is 3.10. The molecule has 7 nitrogen and oxygen atoms in total. The zero-order chi connectivity index (χ0) is 22.4. The molecule has 0 aliphatic carbocycles. The zero-order valence-corrected chi connectivity index (χ0v) is 18.6. The first-order chi connectivity index (χ1) is 15.0. The Balaban J connectivity index is 1.94. The van der Waals surface area contributed by atoms with E-state index in [2.05, 4.69) is 10.6 Å². The van der Waals surface area contributed by atoms with Gasteiger partial charge >= 0.3 is 12.0 Å². The molecule has 0 fully saturated rings. The molecule has 2 N–H and O–H groups in total. The molecule has 31 heavy (non-hydrogen) atoms. The number of amides is 2. The summed E-state index contributed by atoms with van der Waals surface area (Å²) in [6.07, 6.45) is 0. The molecule has 0 unspecified atom stereocenters. The highest BCUT2D eigenvalue weighted by Crippen LogP contribution is 2.39. The van der Waals surface area contributed by atoms with Gasteiger partial charge in [0.2, 0.25) is 0 Å². The largest absolute Gasteiger partial charge is 0.493 e. The van der Waals surface area contributed by atoms with Crippen LogP contribution in [0, 0.1) is 6.92 Å². The second kappa shape index (κ2) is 9.99. The van der Waals surface area contributed by atoms with E-state index in [1.807, 2.05) is 31.2 Å². The lowest BCUT2D eigenvalue weighted by Gasteiger charge is -2.12. The van der Waals surface area contributed by atoms with Crippen LogP contribution in [-0.2, 0) is 4.74 Å². The van der Waals surface area contributed by atoms with Gasteiger partial charge in [-0.25, -0.2) is 9.59 Å². The number of carbonyl (C=O) groups excluding carboxylic acids is 2. The van der Waals surface area contributed by atoms with Crippen LogP contribution in [-0.4, -0.2) is 32.8 Å². The van der Waals surface area contributed by atoms with Crippen LogP contribution in [0.1, 0.15) is 22.8 Å². The molecule has 2 aromatic carbocycles. The van der Waals surface area contributed by atoms with Crippen molar-refractivity contribution >= 4 is 34.0 Å². The molecular formula is C23H24N2O5S. The average molecular weight is 441 g/mol. The van der Waals surface area contributed by atoms with E-state index >= 15 is 0 Å². The number of nitrogens with one attached hydrogen (secondary N) is 2. The van der Waals surface area contributed by atoms with E-state index in [0.29, 0.717) is 33.3 Å². The predicted octanol–water partition coefficient (Wildman–Crippen LogP) is 5.56. The van der Waals surface area contributed by atoms with Gasteiger partial charge in [-0.3, -0.25) is 5.32 Å². The molecule has 0 atom stereocenters. The Labute approximate surface area is 185 Å². The van der Waals surface area contributed by atoms with Crippen molar-refractivity contribution < 1.29 is 23.8 Å².